The molecule has 2 unspecified atom stereocenters. The number of ether oxygens (including phenoxy) is 1. The lowest BCUT2D eigenvalue weighted by Crippen LogP contribution is -2.52. The molecule has 186 valence electrons. The third-order valence-electron chi connectivity index (χ3n) is 8.00. The predicted molar refractivity (Wildman–Crippen MR) is 141 cm³/mol. The summed E-state index contributed by atoms with van der Waals surface area (Å²) >= 11 is 0. The molecule has 6 nitrogen and oxygen atoms in total. The molecule has 0 bridgehead atoms. The van der Waals surface area contributed by atoms with Crippen LogP contribution in [0.5, 0.6) is 0 Å². The highest BCUT2D eigenvalue weighted by molar-refractivity contribution is 5.92. The molecule has 2 fully saturated rings. The van der Waals surface area contributed by atoms with Crippen molar-refractivity contribution in [3.8, 4) is 11.3 Å². The summed E-state index contributed by atoms with van der Waals surface area (Å²) in [5.74, 6) is 0.869. The second-order valence-corrected chi connectivity index (χ2v) is 10.6. The highest BCUT2D eigenvalue weighted by Gasteiger charge is 2.33. The average Bonchev–Trinajstić information content (AvgIpc) is 3.27. The fraction of sp³-hybridized carbons (Fsp3) is 0.517. The number of benzene rings is 1. The fourth-order valence-corrected chi connectivity index (χ4v) is 6.16. The van der Waals surface area contributed by atoms with Crippen LogP contribution in [0.2, 0.25) is 0 Å². The first-order valence-corrected chi connectivity index (χ1v) is 13.1. The molecule has 4 heterocycles. The zero-order valence-corrected chi connectivity index (χ0v) is 21.4. The van der Waals surface area contributed by atoms with Crippen molar-refractivity contribution >= 4 is 16.9 Å². The summed E-state index contributed by atoms with van der Waals surface area (Å²) in [6.45, 7) is 9.68. The normalized spacial score (nSPS) is 22.1. The summed E-state index contributed by atoms with van der Waals surface area (Å²) < 4.78 is 4.97. The first kappa shape index (κ1) is 24.0. The molecule has 2 aliphatic heterocycles. The summed E-state index contributed by atoms with van der Waals surface area (Å²) in [5.41, 5.74) is 7.53. The lowest BCUT2D eigenvalue weighted by molar-refractivity contribution is -0.144. The van der Waals surface area contributed by atoms with E-state index in [0.29, 0.717) is 17.9 Å². The smallest absolute Gasteiger partial charge is 0.322 e. The Morgan fingerprint density at radius 2 is 1.94 bits per heavy atom. The van der Waals surface area contributed by atoms with E-state index < -0.39 is 0 Å². The zero-order chi connectivity index (χ0) is 24.5. The molecular weight excluding hydrogens is 436 g/mol. The average molecular weight is 475 g/mol. The van der Waals surface area contributed by atoms with Gasteiger partial charge < -0.3 is 19.9 Å². The number of piperidine rings is 2. The number of esters is 1. The molecule has 0 amide bonds. The van der Waals surface area contributed by atoms with Crippen LogP contribution in [0.1, 0.15) is 68.2 Å². The Morgan fingerprint density at radius 3 is 2.66 bits per heavy atom. The number of methoxy groups -OCH3 is 1. The van der Waals surface area contributed by atoms with Gasteiger partial charge in [0.05, 0.1) is 12.8 Å². The van der Waals surface area contributed by atoms with Gasteiger partial charge in [0.15, 0.2) is 0 Å². The number of carbonyl (C=O) groups excluding carboxylic acids is 1. The van der Waals surface area contributed by atoms with Crippen LogP contribution < -0.4 is 5.32 Å². The Balaban J connectivity index is 1.34. The van der Waals surface area contributed by atoms with Gasteiger partial charge in [-0.05, 0) is 99.5 Å². The third-order valence-corrected chi connectivity index (χ3v) is 8.00. The maximum atomic E-state index is 12.0. The van der Waals surface area contributed by atoms with E-state index in [1.54, 1.807) is 0 Å². The molecule has 2 aliphatic rings. The second kappa shape index (κ2) is 10.1. The predicted octanol–water partition coefficient (Wildman–Crippen LogP) is 5.13. The number of hydrogen-bond donors (Lipinski definition) is 2. The Labute approximate surface area is 208 Å². The first-order valence-electron chi connectivity index (χ1n) is 13.1. The van der Waals surface area contributed by atoms with Gasteiger partial charge in [-0.25, -0.2) is 0 Å². The van der Waals surface area contributed by atoms with Crippen molar-refractivity contribution in [2.24, 2.45) is 0 Å². The number of aromatic amines is 1. The molecular formula is C29H38N4O2. The van der Waals surface area contributed by atoms with Crippen molar-refractivity contribution in [1.29, 1.82) is 0 Å². The summed E-state index contributed by atoms with van der Waals surface area (Å²) in [6, 6.07) is 11.6. The summed E-state index contributed by atoms with van der Waals surface area (Å²) in [5, 5.41) is 4.66. The molecule has 2 atom stereocenters. The van der Waals surface area contributed by atoms with Crippen molar-refractivity contribution in [1.82, 2.24) is 20.2 Å². The van der Waals surface area contributed by atoms with E-state index in [9.17, 15) is 4.79 Å². The Kier molecular flexibility index (Phi) is 6.94. The monoisotopic (exact) mass is 474 g/mol. The van der Waals surface area contributed by atoms with Crippen LogP contribution in [-0.4, -0.2) is 59.7 Å². The SMILES string of the molecule is COC(=O)C1CC(N2CCC(c3ccc4[nH]c(-c5ccnc(C)c5)c(C(C)C)c4c3)CC2)CCN1. The maximum absolute atomic E-state index is 12.0. The Bertz CT molecular complexity index is 1190. The van der Waals surface area contributed by atoms with Gasteiger partial charge in [-0.15, -0.1) is 0 Å². The van der Waals surface area contributed by atoms with E-state index in [1.807, 2.05) is 13.1 Å². The van der Waals surface area contributed by atoms with Crippen LogP contribution in [0.4, 0.5) is 0 Å². The van der Waals surface area contributed by atoms with Crippen LogP contribution in [0.25, 0.3) is 22.2 Å². The van der Waals surface area contributed by atoms with Gasteiger partial charge in [0.2, 0.25) is 0 Å². The molecule has 35 heavy (non-hydrogen) atoms. The fourth-order valence-electron chi connectivity index (χ4n) is 6.16. The number of hydrogen-bond acceptors (Lipinski definition) is 5. The van der Waals surface area contributed by atoms with E-state index in [0.717, 1.165) is 51.0 Å². The van der Waals surface area contributed by atoms with Gasteiger partial charge in [0.25, 0.3) is 0 Å². The number of fused-ring (bicyclic) bond motifs is 1. The van der Waals surface area contributed by atoms with Crippen molar-refractivity contribution < 1.29 is 9.53 Å². The molecule has 0 radical (unpaired) electrons. The molecule has 2 saturated heterocycles. The van der Waals surface area contributed by atoms with Crippen LogP contribution in [0.15, 0.2) is 36.5 Å². The van der Waals surface area contributed by atoms with E-state index in [2.05, 4.69) is 64.4 Å². The molecule has 1 aromatic carbocycles. The molecule has 2 aromatic heterocycles. The molecule has 2 N–H and O–H groups in total. The molecule has 3 aromatic rings. The van der Waals surface area contributed by atoms with Gasteiger partial charge in [0, 0.05) is 34.4 Å². The van der Waals surface area contributed by atoms with E-state index in [4.69, 9.17) is 4.74 Å². The van der Waals surface area contributed by atoms with Crippen LogP contribution >= 0.6 is 0 Å². The molecule has 6 heteroatoms. The van der Waals surface area contributed by atoms with Crippen molar-refractivity contribution in [2.45, 2.75) is 70.4 Å². The van der Waals surface area contributed by atoms with Gasteiger partial charge in [-0.1, -0.05) is 19.9 Å². The molecule has 0 spiro atoms. The number of likely N-dealkylation sites (tertiary alicyclic amines) is 1. The number of pyridine rings is 1. The van der Waals surface area contributed by atoms with Crippen molar-refractivity contribution in [3.05, 3.63) is 53.3 Å². The topological polar surface area (TPSA) is 70.2 Å². The quantitative estimate of drug-likeness (QED) is 0.502. The minimum Gasteiger partial charge on any atom is -0.468 e. The van der Waals surface area contributed by atoms with Gasteiger partial charge in [-0.2, -0.15) is 0 Å². The van der Waals surface area contributed by atoms with Crippen molar-refractivity contribution in [2.75, 3.05) is 26.7 Å². The van der Waals surface area contributed by atoms with Crippen LogP contribution in [-0.2, 0) is 9.53 Å². The van der Waals surface area contributed by atoms with Gasteiger partial charge >= 0.3 is 5.97 Å². The Morgan fingerprint density at radius 1 is 1.14 bits per heavy atom. The van der Waals surface area contributed by atoms with Gasteiger partial charge in [0.1, 0.15) is 6.04 Å². The van der Waals surface area contributed by atoms with Crippen LogP contribution in [0.3, 0.4) is 0 Å². The van der Waals surface area contributed by atoms with Crippen LogP contribution in [0, 0.1) is 6.92 Å². The minimum atomic E-state index is -0.166. The lowest BCUT2D eigenvalue weighted by Gasteiger charge is -2.41. The van der Waals surface area contributed by atoms with Gasteiger partial charge in [-0.3, -0.25) is 9.78 Å². The summed E-state index contributed by atoms with van der Waals surface area (Å²) in [4.78, 5) is 22.7. The minimum absolute atomic E-state index is 0.133. The molecule has 5 rings (SSSR count). The first-order chi connectivity index (χ1) is 16.9. The lowest BCUT2D eigenvalue weighted by atomic mass is 9.86. The second-order valence-electron chi connectivity index (χ2n) is 10.6. The van der Waals surface area contributed by atoms with Crippen molar-refractivity contribution in [3.63, 3.8) is 0 Å². The largest absolute Gasteiger partial charge is 0.468 e. The summed E-state index contributed by atoms with van der Waals surface area (Å²) in [7, 11) is 1.48. The van der Waals surface area contributed by atoms with E-state index in [-0.39, 0.29) is 12.0 Å². The number of aromatic nitrogens is 2. The number of aryl methyl sites for hydroxylation is 1. The zero-order valence-electron chi connectivity index (χ0n) is 21.4. The number of H-pyrrole nitrogens is 1. The number of nitrogens with zero attached hydrogens (tertiary/aromatic N) is 2. The number of rotatable bonds is 5. The van der Waals surface area contributed by atoms with E-state index in [1.165, 1.54) is 40.4 Å². The van der Waals surface area contributed by atoms with E-state index >= 15 is 0 Å². The Hall–Kier alpha value is -2.70. The molecule has 0 aliphatic carbocycles. The number of carbonyl (C=O) groups is 1. The summed E-state index contributed by atoms with van der Waals surface area (Å²) in [6.07, 6.45) is 6.17. The standard InChI is InChI=1S/C29H38N4O2/c1-18(2)27-24-16-21(5-6-25(24)32-28(27)22-7-11-30-19(3)15-22)20-9-13-33(14-10-20)23-8-12-31-26(17-23)29(34)35-4/h5-7,11,15-16,18,20,23,26,31-32H,8-10,12-14,17H2,1-4H3. The highest BCUT2D eigenvalue weighted by Crippen LogP contribution is 2.38. The third kappa shape index (κ3) is 4.87. The maximum Gasteiger partial charge on any atom is 0.322 e. The molecule has 0 saturated carbocycles. The number of nitrogens with one attached hydrogen (secondary N) is 2. The highest BCUT2D eigenvalue weighted by atomic mass is 16.5.